The van der Waals surface area contributed by atoms with Crippen molar-refractivity contribution in [2.45, 2.75) is 94.5 Å². The molecule has 0 radical (unpaired) electrons. The summed E-state index contributed by atoms with van der Waals surface area (Å²) in [6.45, 7) is 7.69. The Hall–Kier alpha value is -7.48. The van der Waals surface area contributed by atoms with Crippen LogP contribution in [0.4, 0.5) is 0 Å². The molecule has 2 fully saturated rings. The van der Waals surface area contributed by atoms with E-state index in [0.717, 1.165) is 43.1 Å². The lowest BCUT2D eigenvalue weighted by Gasteiger charge is -2.40. The molecule has 2 saturated heterocycles. The van der Waals surface area contributed by atoms with E-state index in [1.165, 1.54) is 54.4 Å². The molecule has 4 heterocycles. The van der Waals surface area contributed by atoms with E-state index in [4.69, 9.17) is 9.47 Å². The summed E-state index contributed by atoms with van der Waals surface area (Å²) in [5.74, 6) is -10.4. The molecule has 24 nitrogen and oxygen atoms in total. The van der Waals surface area contributed by atoms with Gasteiger partial charge in [0.1, 0.15) is 72.9 Å². The third-order valence-corrected chi connectivity index (χ3v) is 16.0. The average Bonchev–Trinajstić information content (AvgIpc) is 3.40. The third kappa shape index (κ3) is 13.6. The zero-order chi connectivity index (χ0) is 56.6. The van der Waals surface area contributed by atoms with Crippen LogP contribution in [-0.2, 0) is 47.8 Å². The summed E-state index contributed by atoms with van der Waals surface area (Å²) in [7, 11) is 5.32. The number of thioether (sulfide) groups is 2. The van der Waals surface area contributed by atoms with Gasteiger partial charge in [-0.15, -0.1) is 23.5 Å². The summed E-state index contributed by atoms with van der Waals surface area (Å²) < 4.78 is 10.5. The normalized spacial score (nSPS) is 25.4. The molecule has 2 bridgehead atoms. The van der Waals surface area contributed by atoms with E-state index in [-0.39, 0.29) is 17.1 Å². The number of hydrogen-bond acceptors (Lipinski definition) is 18. The van der Waals surface area contributed by atoms with Crippen LogP contribution in [0.3, 0.4) is 0 Å². The lowest BCUT2D eigenvalue weighted by molar-refractivity contribution is -0.160. The number of nitrogens with one attached hydrogen (secondary N) is 4. The maximum Gasteiger partial charge on any atom is 0.329 e. The van der Waals surface area contributed by atoms with Crippen molar-refractivity contribution in [1.82, 2.24) is 60.8 Å². The molecule has 2 aromatic heterocycles. The number of ether oxygens (including phenoxy) is 2. The quantitative estimate of drug-likeness (QED) is 0.185. The molecule has 2 aromatic carbocycles. The van der Waals surface area contributed by atoms with Crippen molar-refractivity contribution >= 4 is 105 Å². The summed E-state index contributed by atoms with van der Waals surface area (Å²) in [5, 5.41) is 10.2. The smallest absolute Gasteiger partial charge is 0.329 e. The summed E-state index contributed by atoms with van der Waals surface area (Å²) in [6.07, 6.45) is 4.06. The molecule has 3 unspecified atom stereocenters. The SMILES string of the molecule is CS[C@@H]1SC[C@H]2C(=O)N(C)C(C(C)C)C(=O)OC[C@@H](NC(=O)c3cnc4ccccc4n3)C(=O)N[C@@H](C)C(=O)N(C)C1C(=O)N(C)C(C(C)C)C(=O)OC[C@@H](NC(=O)c1cnc3ccccc3n1)C(=O)N[C@@H](C)C(=O)N2C. The van der Waals surface area contributed by atoms with Crippen LogP contribution in [0.1, 0.15) is 62.5 Å². The van der Waals surface area contributed by atoms with Crippen molar-refractivity contribution in [2.24, 2.45) is 11.8 Å². The molecule has 77 heavy (non-hydrogen) atoms. The largest absolute Gasteiger partial charge is 0.461 e. The van der Waals surface area contributed by atoms with Gasteiger partial charge in [-0.3, -0.25) is 48.3 Å². The lowest BCUT2D eigenvalue weighted by atomic mass is 10.0. The van der Waals surface area contributed by atoms with Gasteiger partial charge in [-0.1, -0.05) is 52.0 Å². The van der Waals surface area contributed by atoms with Gasteiger partial charge in [0.05, 0.1) is 39.0 Å². The van der Waals surface area contributed by atoms with Crippen LogP contribution in [0, 0.1) is 11.8 Å². The molecule has 9 atom stereocenters. The Morgan fingerprint density at radius 1 is 0.610 bits per heavy atom. The maximum absolute atomic E-state index is 15.2. The van der Waals surface area contributed by atoms with Gasteiger partial charge in [0, 0.05) is 33.9 Å². The van der Waals surface area contributed by atoms with Crippen LogP contribution in [0.2, 0.25) is 0 Å². The fourth-order valence-corrected chi connectivity index (χ4v) is 11.4. The molecular formula is C51H64N12O12S2. The number of esters is 2. The van der Waals surface area contributed by atoms with E-state index < -0.39 is 137 Å². The van der Waals surface area contributed by atoms with E-state index in [9.17, 15) is 38.4 Å². The first-order chi connectivity index (χ1) is 36.4. The van der Waals surface area contributed by atoms with Crippen LogP contribution in [0.5, 0.6) is 0 Å². The number of aromatic nitrogens is 4. The second-order valence-electron chi connectivity index (χ2n) is 19.3. The van der Waals surface area contributed by atoms with Gasteiger partial charge < -0.3 is 50.3 Å². The highest BCUT2D eigenvalue weighted by atomic mass is 32.2. The van der Waals surface area contributed by atoms with Crippen molar-refractivity contribution in [3.63, 3.8) is 0 Å². The highest BCUT2D eigenvalue weighted by Gasteiger charge is 2.45. The van der Waals surface area contributed by atoms with E-state index in [1.807, 2.05) is 0 Å². The van der Waals surface area contributed by atoms with Crippen molar-refractivity contribution in [1.29, 1.82) is 0 Å². The summed E-state index contributed by atoms with van der Waals surface area (Å²) in [4.78, 5) is 166. The monoisotopic (exact) mass is 1100 g/mol. The van der Waals surface area contributed by atoms with Crippen molar-refractivity contribution in [2.75, 3.05) is 53.4 Å². The van der Waals surface area contributed by atoms with Gasteiger partial charge in [0.15, 0.2) is 0 Å². The first-order valence-electron chi connectivity index (χ1n) is 24.7. The van der Waals surface area contributed by atoms with Gasteiger partial charge in [-0.25, -0.2) is 19.6 Å². The van der Waals surface area contributed by atoms with Crippen molar-refractivity contribution < 1.29 is 57.4 Å². The Morgan fingerprint density at radius 2 is 1.01 bits per heavy atom. The first-order valence-corrected chi connectivity index (χ1v) is 27.0. The van der Waals surface area contributed by atoms with Gasteiger partial charge in [0.2, 0.25) is 35.4 Å². The number of amides is 8. The molecule has 4 N–H and O–H groups in total. The Morgan fingerprint density at radius 3 is 1.43 bits per heavy atom. The van der Waals surface area contributed by atoms with Crippen LogP contribution in [0.15, 0.2) is 60.9 Å². The zero-order valence-electron chi connectivity index (χ0n) is 44.5. The molecule has 8 amide bonds. The predicted molar refractivity (Wildman–Crippen MR) is 284 cm³/mol. The highest BCUT2D eigenvalue weighted by molar-refractivity contribution is 8.16. The molecule has 6 rings (SSSR count). The van der Waals surface area contributed by atoms with E-state index in [0.29, 0.717) is 22.1 Å². The number of hydrogen-bond donors (Lipinski definition) is 4. The highest BCUT2D eigenvalue weighted by Crippen LogP contribution is 2.32. The minimum atomic E-state index is -1.66. The third-order valence-electron chi connectivity index (χ3n) is 13.2. The number of carbonyl (C=O) groups is 10. The topological polar surface area (TPSA) is 302 Å². The number of likely N-dealkylation sites (N-methyl/N-ethyl adjacent to an activating group) is 4. The fourth-order valence-electron chi connectivity index (χ4n) is 8.88. The maximum atomic E-state index is 15.2. The molecule has 0 spiro atoms. The fraction of sp³-hybridized carbons (Fsp3) is 0.490. The number of cyclic esters (lactones) is 2. The molecule has 4 aromatic rings. The van der Waals surface area contributed by atoms with Gasteiger partial charge in [-0.2, -0.15) is 0 Å². The van der Waals surface area contributed by atoms with Crippen LogP contribution in [0.25, 0.3) is 22.1 Å². The summed E-state index contributed by atoms with van der Waals surface area (Å²) in [5.41, 5.74) is 1.38. The molecule has 412 valence electrons. The van der Waals surface area contributed by atoms with Crippen LogP contribution >= 0.6 is 23.5 Å². The number of para-hydroxylation sites is 4. The molecule has 2 aliphatic heterocycles. The van der Waals surface area contributed by atoms with Crippen LogP contribution < -0.4 is 21.3 Å². The number of nitrogens with zero attached hydrogens (tertiary/aromatic N) is 8. The van der Waals surface area contributed by atoms with Gasteiger partial charge in [0.25, 0.3) is 11.8 Å². The minimum absolute atomic E-state index is 0.182. The first kappa shape index (κ1) is 58.8. The Bertz CT molecular complexity index is 2930. The predicted octanol–water partition coefficient (Wildman–Crippen LogP) is 0.635. The number of fused-ring (bicyclic) bond motifs is 6. The van der Waals surface area contributed by atoms with Crippen molar-refractivity contribution in [3.05, 3.63) is 72.3 Å². The Kier molecular flexibility index (Phi) is 19.5. The molecule has 0 aliphatic carbocycles. The van der Waals surface area contributed by atoms with Gasteiger partial charge >= 0.3 is 11.9 Å². The standard InChI is InChI=1S/C51H64N12O12S2/c1-25(2)38-49(72)74-22-36(59-42(65)34-21-53-30-17-13-15-19-32(30)57-34)44(67)55-28(6)46(69)63(10)40-48(71)62(9)39(26(3)4)50(73)75-23-35(58-41(64)33-20-52-29-16-12-14-18-31(29)56-33)43(66)54-27(5)45(68)60(7)37(47(70)61(38)8)24-77-51(40)76-11/h12-21,25-28,35-40,51H,22-24H2,1-11H3,(H,54,66)(H,55,67)(H,58,64)(H,59,65)/t27-,28-,35+,36+,37-,38?,39?,40?,51+/m0/s1. The zero-order valence-corrected chi connectivity index (χ0v) is 46.2. The number of carbonyl (C=O) groups excluding carboxylic acids is 10. The molecule has 0 saturated carbocycles. The Labute approximate surface area is 453 Å². The lowest BCUT2D eigenvalue weighted by Crippen LogP contribution is -2.60. The van der Waals surface area contributed by atoms with E-state index in [2.05, 4.69) is 41.2 Å². The number of benzene rings is 2. The second kappa shape index (κ2) is 25.6. The van der Waals surface area contributed by atoms with E-state index >= 15 is 9.59 Å². The van der Waals surface area contributed by atoms with Crippen LogP contribution in [-0.4, -0.2) is 205 Å². The minimum Gasteiger partial charge on any atom is -0.461 e. The number of rotatable bonds is 7. The molecule has 2 aliphatic rings. The van der Waals surface area contributed by atoms with Crippen molar-refractivity contribution in [3.8, 4) is 0 Å². The summed E-state index contributed by atoms with van der Waals surface area (Å²) in [6, 6.07) is 1.79. The van der Waals surface area contributed by atoms with Gasteiger partial charge in [-0.05, 0) is 56.2 Å². The second-order valence-corrected chi connectivity index (χ2v) is 21.8. The average molecular weight is 1100 g/mol. The molecular weight excluding hydrogens is 1040 g/mol. The molecule has 26 heteroatoms. The Balaban J connectivity index is 1.43. The summed E-state index contributed by atoms with van der Waals surface area (Å²) >= 11 is 2.16. The van der Waals surface area contributed by atoms with E-state index in [1.54, 1.807) is 82.5 Å².